The van der Waals surface area contributed by atoms with Crippen LogP contribution in [-0.4, -0.2) is 35.6 Å². The maximum atomic E-state index is 10.9. The van der Waals surface area contributed by atoms with E-state index in [2.05, 4.69) is 20.8 Å². The molecule has 0 bridgehead atoms. The molecule has 0 amide bonds. The third-order valence-corrected chi connectivity index (χ3v) is 2.36. The maximum absolute atomic E-state index is 10.9. The van der Waals surface area contributed by atoms with Crippen LogP contribution in [0.15, 0.2) is 0 Å². The fraction of sp³-hybridized carbons (Fsp3) is 0.833. The van der Waals surface area contributed by atoms with E-state index in [4.69, 9.17) is 0 Å². The van der Waals surface area contributed by atoms with Gasteiger partial charge in [0.25, 0.3) is 0 Å². The van der Waals surface area contributed by atoms with Crippen LogP contribution in [0.3, 0.4) is 0 Å². The van der Waals surface area contributed by atoms with Gasteiger partial charge in [0.15, 0.2) is 0 Å². The number of alkyl halides is 1. The summed E-state index contributed by atoms with van der Waals surface area (Å²) in [6.45, 7) is 1.78. The number of Topliss-reactive ketones (excluding diaryl/α,β-unsaturated/α-hetero) is 1. The fourth-order valence-electron chi connectivity index (χ4n) is 0.924. The topological polar surface area (TPSA) is 20.3 Å². The molecule has 0 aliphatic carbocycles. The molecular formula is C6H10BrNO. The number of nitrogens with zero attached hydrogens (tertiary/aromatic N) is 1. The van der Waals surface area contributed by atoms with Crippen LogP contribution in [0.1, 0.15) is 6.42 Å². The number of hydrogen-bond acceptors (Lipinski definition) is 2. The van der Waals surface area contributed by atoms with Crippen molar-refractivity contribution in [2.75, 3.05) is 20.1 Å². The minimum Gasteiger partial charge on any atom is -0.304 e. The predicted molar refractivity (Wildman–Crippen MR) is 39.8 cm³/mol. The average molecular weight is 192 g/mol. The first-order valence-electron chi connectivity index (χ1n) is 3.05. The van der Waals surface area contributed by atoms with Crippen molar-refractivity contribution in [3.05, 3.63) is 0 Å². The van der Waals surface area contributed by atoms with E-state index in [0.717, 1.165) is 13.1 Å². The van der Waals surface area contributed by atoms with Gasteiger partial charge in [-0.05, 0) is 7.05 Å². The number of ketones is 1. The highest BCUT2D eigenvalue weighted by molar-refractivity contribution is 9.10. The summed E-state index contributed by atoms with van der Waals surface area (Å²) in [5, 5.41) is 0. The Balaban J connectivity index is 2.44. The minimum atomic E-state index is 0.0799. The largest absolute Gasteiger partial charge is 0.304 e. The van der Waals surface area contributed by atoms with Gasteiger partial charge in [0, 0.05) is 19.5 Å². The van der Waals surface area contributed by atoms with E-state index in [1.54, 1.807) is 0 Å². The van der Waals surface area contributed by atoms with Crippen molar-refractivity contribution in [1.29, 1.82) is 0 Å². The Hall–Kier alpha value is 0.110. The molecular weight excluding hydrogens is 182 g/mol. The van der Waals surface area contributed by atoms with Crippen LogP contribution in [0.4, 0.5) is 0 Å². The Morgan fingerprint density at radius 2 is 2.44 bits per heavy atom. The van der Waals surface area contributed by atoms with Crippen molar-refractivity contribution in [2.24, 2.45) is 0 Å². The smallest absolute Gasteiger partial charge is 0.149 e. The Labute approximate surface area is 63.3 Å². The van der Waals surface area contributed by atoms with Gasteiger partial charge in [0.2, 0.25) is 0 Å². The molecule has 1 atom stereocenters. The summed E-state index contributed by atoms with van der Waals surface area (Å²) in [6, 6.07) is 0. The summed E-state index contributed by atoms with van der Waals surface area (Å²) < 4.78 is 0. The second-order valence-electron chi connectivity index (χ2n) is 2.45. The monoisotopic (exact) mass is 191 g/mol. The number of piperidine rings is 1. The molecule has 2 nitrogen and oxygen atoms in total. The van der Waals surface area contributed by atoms with Gasteiger partial charge in [-0.1, -0.05) is 15.9 Å². The van der Waals surface area contributed by atoms with E-state index in [-0.39, 0.29) is 4.83 Å². The Morgan fingerprint density at radius 3 is 2.89 bits per heavy atom. The minimum absolute atomic E-state index is 0.0799. The lowest BCUT2D eigenvalue weighted by Gasteiger charge is -2.24. The summed E-state index contributed by atoms with van der Waals surface area (Å²) in [5.41, 5.74) is 0. The molecule has 0 aromatic carbocycles. The molecule has 3 heteroatoms. The lowest BCUT2D eigenvalue weighted by molar-refractivity contribution is -0.120. The van der Waals surface area contributed by atoms with Crippen LogP contribution in [0.2, 0.25) is 0 Å². The van der Waals surface area contributed by atoms with E-state index in [1.807, 2.05) is 7.05 Å². The number of carbonyl (C=O) groups is 1. The maximum Gasteiger partial charge on any atom is 0.149 e. The molecule has 1 aliphatic rings. The normalized spacial score (nSPS) is 30.9. The summed E-state index contributed by atoms with van der Waals surface area (Å²) in [6.07, 6.45) is 0.701. The van der Waals surface area contributed by atoms with E-state index < -0.39 is 0 Å². The SMILES string of the molecule is CN1CCC(=O)[C@H](Br)C1. The second-order valence-corrected chi connectivity index (χ2v) is 3.55. The van der Waals surface area contributed by atoms with Gasteiger partial charge in [-0.25, -0.2) is 0 Å². The number of hydrogen-bond donors (Lipinski definition) is 0. The summed E-state index contributed by atoms with van der Waals surface area (Å²) in [7, 11) is 2.03. The molecule has 0 aromatic heterocycles. The zero-order valence-corrected chi connectivity index (χ0v) is 7.02. The average Bonchev–Trinajstić information content (AvgIpc) is 1.80. The molecule has 0 saturated carbocycles. The van der Waals surface area contributed by atoms with Gasteiger partial charge < -0.3 is 4.90 Å². The van der Waals surface area contributed by atoms with Gasteiger partial charge in [-0.2, -0.15) is 0 Å². The molecule has 0 aromatic rings. The molecule has 1 rings (SSSR count). The zero-order valence-electron chi connectivity index (χ0n) is 5.43. The lowest BCUT2D eigenvalue weighted by atomic mass is 10.1. The quantitative estimate of drug-likeness (QED) is 0.525. The standard InChI is InChI=1S/C6H10BrNO/c1-8-3-2-6(9)5(7)4-8/h5H,2-4H2,1H3/t5-/m1/s1. The molecule has 0 radical (unpaired) electrons. The van der Waals surface area contributed by atoms with Crippen molar-refractivity contribution in [1.82, 2.24) is 4.90 Å². The van der Waals surface area contributed by atoms with Crippen molar-refractivity contribution < 1.29 is 4.79 Å². The Kier molecular flexibility index (Phi) is 2.24. The van der Waals surface area contributed by atoms with Crippen LogP contribution >= 0.6 is 15.9 Å². The number of halogens is 1. The summed E-state index contributed by atoms with van der Waals surface area (Å²) >= 11 is 3.30. The molecule has 52 valence electrons. The highest BCUT2D eigenvalue weighted by Gasteiger charge is 2.21. The third kappa shape index (κ3) is 1.76. The molecule has 9 heavy (non-hydrogen) atoms. The number of carbonyl (C=O) groups excluding carboxylic acids is 1. The van der Waals surface area contributed by atoms with Crippen molar-refractivity contribution >= 4 is 21.7 Å². The number of rotatable bonds is 0. The second kappa shape index (κ2) is 2.80. The Bertz CT molecular complexity index is 126. The highest BCUT2D eigenvalue weighted by atomic mass is 79.9. The number of likely N-dealkylation sites (tertiary alicyclic amines) is 1. The third-order valence-electron chi connectivity index (χ3n) is 1.56. The van der Waals surface area contributed by atoms with Gasteiger partial charge >= 0.3 is 0 Å². The Morgan fingerprint density at radius 1 is 1.78 bits per heavy atom. The first kappa shape index (κ1) is 7.22. The molecule has 1 heterocycles. The van der Waals surface area contributed by atoms with Gasteiger partial charge in [-0.3, -0.25) is 4.79 Å². The zero-order chi connectivity index (χ0) is 6.85. The van der Waals surface area contributed by atoms with Crippen molar-refractivity contribution in [2.45, 2.75) is 11.2 Å². The van der Waals surface area contributed by atoms with Crippen molar-refractivity contribution in [3.8, 4) is 0 Å². The molecule has 1 fully saturated rings. The van der Waals surface area contributed by atoms with Gasteiger partial charge in [0.1, 0.15) is 5.78 Å². The predicted octanol–water partition coefficient (Wildman–Crippen LogP) is 0.654. The van der Waals surface area contributed by atoms with E-state index in [0.29, 0.717) is 12.2 Å². The fourth-order valence-corrected chi connectivity index (χ4v) is 1.65. The summed E-state index contributed by atoms with van der Waals surface area (Å²) in [5.74, 6) is 0.341. The van der Waals surface area contributed by atoms with Crippen LogP contribution in [0.5, 0.6) is 0 Å². The molecule has 1 saturated heterocycles. The van der Waals surface area contributed by atoms with Crippen LogP contribution in [-0.2, 0) is 4.79 Å². The highest BCUT2D eigenvalue weighted by Crippen LogP contribution is 2.11. The van der Waals surface area contributed by atoms with Crippen LogP contribution in [0.25, 0.3) is 0 Å². The van der Waals surface area contributed by atoms with E-state index in [9.17, 15) is 4.79 Å². The lowest BCUT2D eigenvalue weighted by Crippen LogP contribution is -2.38. The van der Waals surface area contributed by atoms with Crippen molar-refractivity contribution in [3.63, 3.8) is 0 Å². The van der Waals surface area contributed by atoms with E-state index >= 15 is 0 Å². The molecule has 1 aliphatic heterocycles. The first-order valence-corrected chi connectivity index (χ1v) is 3.97. The van der Waals surface area contributed by atoms with Gasteiger partial charge in [0.05, 0.1) is 4.83 Å². The molecule has 0 unspecified atom stereocenters. The first-order chi connectivity index (χ1) is 4.20. The molecule has 0 N–H and O–H groups in total. The van der Waals surface area contributed by atoms with Crippen LogP contribution < -0.4 is 0 Å². The van der Waals surface area contributed by atoms with E-state index in [1.165, 1.54) is 0 Å². The molecule has 0 spiro atoms. The van der Waals surface area contributed by atoms with Crippen LogP contribution in [0, 0.1) is 0 Å². The van der Waals surface area contributed by atoms with Gasteiger partial charge in [-0.15, -0.1) is 0 Å². The summed E-state index contributed by atoms with van der Waals surface area (Å²) in [4.78, 5) is 13.1.